The lowest BCUT2D eigenvalue weighted by atomic mass is 9.99. The first-order valence-corrected chi connectivity index (χ1v) is 6.43. The highest BCUT2D eigenvalue weighted by Gasteiger charge is 2.22. The minimum Gasteiger partial charge on any atom is -0.508 e. The van der Waals surface area contributed by atoms with Crippen molar-refractivity contribution in [1.29, 1.82) is 0 Å². The Morgan fingerprint density at radius 2 is 1.90 bits per heavy atom. The van der Waals surface area contributed by atoms with E-state index in [1.165, 1.54) is 11.6 Å². The van der Waals surface area contributed by atoms with E-state index in [0.717, 1.165) is 11.1 Å². The number of aryl methyl sites for hydroxylation is 1. The van der Waals surface area contributed by atoms with Crippen LogP contribution in [0, 0.1) is 6.92 Å². The van der Waals surface area contributed by atoms with Crippen LogP contribution in [0.3, 0.4) is 0 Å². The van der Waals surface area contributed by atoms with Crippen molar-refractivity contribution in [3.8, 4) is 11.5 Å². The van der Waals surface area contributed by atoms with Crippen molar-refractivity contribution >= 4 is 12.0 Å². The van der Waals surface area contributed by atoms with Gasteiger partial charge in [0.15, 0.2) is 0 Å². The third-order valence-electron chi connectivity index (χ3n) is 3.31. The van der Waals surface area contributed by atoms with E-state index >= 15 is 0 Å². The van der Waals surface area contributed by atoms with Gasteiger partial charge in [-0.15, -0.1) is 0 Å². The number of hydrogen-bond acceptors (Lipinski definition) is 3. The molecular weight excluding hydrogens is 252 g/mol. The number of benzene rings is 2. The molecule has 1 aliphatic heterocycles. The Balaban J connectivity index is 1.95. The Morgan fingerprint density at radius 1 is 1.15 bits per heavy atom. The van der Waals surface area contributed by atoms with Crippen LogP contribution in [0.15, 0.2) is 48.0 Å². The van der Waals surface area contributed by atoms with Gasteiger partial charge in [-0.25, -0.2) is 4.79 Å². The van der Waals surface area contributed by atoms with E-state index in [-0.39, 0.29) is 11.7 Å². The van der Waals surface area contributed by atoms with Gasteiger partial charge in [0.25, 0.3) is 0 Å². The van der Waals surface area contributed by atoms with Gasteiger partial charge in [-0.1, -0.05) is 29.8 Å². The largest absolute Gasteiger partial charge is 0.508 e. The molecule has 0 atom stereocenters. The molecule has 0 fully saturated rings. The molecule has 0 spiro atoms. The van der Waals surface area contributed by atoms with Crippen LogP contribution < -0.4 is 4.74 Å². The topological polar surface area (TPSA) is 46.5 Å². The van der Waals surface area contributed by atoms with Crippen molar-refractivity contribution in [2.24, 2.45) is 0 Å². The van der Waals surface area contributed by atoms with Gasteiger partial charge in [-0.05, 0) is 36.8 Å². The summed E-state index contributed by atoms with van der Waals surface area (Å²) in [6.07, 6.45) is 2.30. The quantitative estimate of drug-likeness (QED) is 0.489. The second-order valence-corrected chi connectivity index (χ2v) is 4.94. The molecule has 1 N–H and O–H groups in total. The van der Waals surface area contributed by atoms with Gasteiger partial charge in [0.05, 0.1) is 0 Å². The van der Waals surface area contributed by atoms with Gasteiger partial charge in [0.1, 0.15) is 11.5 Å². The van der Waals surface area contributed by atoms with Crippen LogP contribution in [0.2, 0.25) is 0 Å². The maximum Gasteiger partial charge on any atom is 0.339 e. The molecule has 0 saturated heterocycles. The summed E-state index contributed by atoms with van der Waals surface area (Å²) in [5.74, 6) is 0.369. The SMILES string of the molecule is Cc1ccc(/C=C2\Cc3cc(O)ccc3OC2=O)cc1. The summed E-state index contributed by atoms with van der Waals surface area (Å²) >= 11 is 0. The van der Waals surface area contributed by atoms with Gasteiger partial charge >= 0.3 is 5.97 Å². The predicted octanol–water partition coefficient (Wildman–Crippen LogP) is 3.25. The highest BCUT2D eigenvalue weighted by atomic mass is 16.5. The van der Waals surface area contributed by atoms with Crippen LogP contribution in [0.1, 0.15) is 16.7 Å². The minimum atomic E-state index is -0.330. The fraction of sp³-hybridized carbons (Fsp3) is 0.118. The van der Waals surface area contributed by atoms with E-state index in [2.05, 4.69) is 0 Å². The Kier molecular flexibility index (Phi) is 3.03. The molecule has 0 aliphatic carbocycles. The zero-order chi connectivity index (χ0) is 14.1. The lowest BCUT2D eigenvalue weighted by molar-refractivity contribution is -0.130. The summed E-state index contributed by atoms with van der Waals surface area (Å²) in [5, 5.41) is 9.50. The third-order valence-corrected chi connectivity index (χ3v) is 3.31. The van der Waals surface area contributed by atoms with Crippen molar-refractivity contribution in [2.45, 2.75) is 13.3 Å². The number of carbonyl (C=O) groups is 1. The maximum absolute atomic E-state index is 12.0. The van der Waals surface area contributed by atoms with Crippen LogP contribution in [-0.2, 0) is 11.2 Å². The molecule has 0 aromatic heterocycles. The zero-order valence-electron chi connectivity index (χ0n) is 11.1. The van der Waals surface area contributed by atoms with Crippen LogP contribution in [-0.4, -0.2) is 11.1 Å². The molecule has 2 aromatic carbocycles. The Labute approximate surface area is 117 Å². The molecular formula is C17H14O3. The molecule has 1 aliphatic rings. The summed E-state index contributed by atoms with van der Waals surface area (Å²) < 4.78 is 5.28. The number of phenolic OH excluding ortho intramolecular Hbond substituents is 1. The lowest BCUT2D eigenvalue weighted by Gasteiger charge is -2.18. The van der Waals surface area contributed by atoms with Gasteiger partial charge < -0.3 is 9.84 Å². The van der Waals surface area contributed by atoms with Crippen LogP contribution in [0.4, 0.5) is 0 Å². The number of ether oxygens (including phenoxy) is 1. The Hall–Kier alpha value is -2.55. The van der Waals surface area contributed by atoms with Crippen LogP contribution >= 0.6 is 0 Å². The second-order valence-electron chi connectivity index (χ2n) is 4.94. The number of hydrogen-bond donors (Lipinski definition) is 1. The molecule has 2 aromatic rings. The lowest BCUT2D eigenvalue weighted by Crippen LogP contribution is -2.19. The number of phenols is 1. The number of aromatic hydroxyl groups is 1. The first-order chi connectivity index (χ1) is 9.61. The first kappa shape index (κ1) is 12.5. The average molecular weight is 266 g/mol. The summed E-state index contributed by atoms with van der Waals surface area (Å²) in [5.41, 5.74) is 3.55. The van der Waals surface area contributed by atoms with Crippen molar-refractivity contribution < 1.29 is 14.6 Å². The summed E-state index contributed by atoms with van der Waals surface area (Å²) in [6.45, 7) is 2.02. The van der Waals surface area contributed by atoms with E-state index in [4.69, 9.17) is 4.74 Å². The van der Waals surface area contributed by atoms with Crippen molar-refractivity contribution in [3.05, 3.63) is 64.7 Å². The predicted molar refractivity (Wildman–Crippen MR) is 76.6 cm³/mol. The molecule has 0 radical (unpaired) electrons. The number of rotatable bonds is 1. The molecule has 3 rings (SSSR count). The summed E-state index contributed by atoms with van der Waals surface area (Å²) in [4.78, 5) is 12.0. The standard InChI is InChI=1S/C17H14O3/c1-11-2-4-12(5-3-11)8-14-9-13-10-15(18)6-7-16(13)20-17(14)19/h2-8,10,18H,9H2,1H3/b14-8+. The van der Waals surface area contributed by atoms with Crippen LogP contribution in [0.25, 0.3) is 6.08 Å². The summed E-state index contributed by atoms with van der Waals surface area (Å²) in [6, 6.07) is 12.7. The highest BCUT2D eigenvalue weighted by Crippen LogP contribution is 2.31. The second kappa shape index (κ2) is 4.85. The normalized spacial score (nSPS) is 15.8. The molecule has 0 amide bonds. The fourth-order valence-corrected chi connectivity index (χ4v) is 2.22. The van der Waals surface area contributed by atoms with E-state index in [1.54, 1.807) is 12.1 Å². The maximum atomic E-state index is 12.0. The van der Waals surface area contributed by atoms with Gasteiger partial charge in [0.2, 0.25) is 0 Å². The molecule has 3 nitrogen and oxygen atoms in total. The molecule has 3 heteroatoms. The van der Waals surface area contributed by atoms with E-state index < -0.39 is 0 Å². The first-order valence-electron chi connectivity index (χ1n) is 6.43. The van der Waals surface area contributed by atoms with Crippen molar-refractivity contribution in [1.82, 2.24) is 0 Å². The van der Waals surface area contributed by atoms with E-state index in [9.17, 15) is 9.90 Å². The smallest absolute Gasteiger partial charge is 0.339 e. The monoisotopic (exact) mass is 266 g/mol. The molecule has 1 heterocycles. The number of fused-ring (bicyclic) bond motifs is 1. The minimum absolute atomic E-state index is 0.177. The zero-order valence-corrected chi connectivity index (χ0v) is 11.1. The van der Waals surface area contributed by atoms with Crippen LogP contribution in [0.5, 0.6) is 11.5 Å². The molecule has 0 saturated carbocycles. The van der Waals surface area contributed by atoms with Gasteiger partial charge in [-0.3, -0.25) is 0 Å². The number of carbonyl (C=O) groups excluding carboxylic acids is 1. The molecule has 100 valence electrons. The van der Waals surface area contributed by atoms with Gasteiger partial charge in [0, 0.05) is 17.6 Å². The molecule has 0 bridgehead atoms. The van der Waals surface area contributed by atoms with E-state index in [0.29, 0.717) is 17.7 Å². The summed E-state index contributed by atoms with van der Waals surface area (Å²) in [7, 11) is 0. The average Bonchev–Trinajstić information content (AvgIpc) is 2.42. The fourth-order valence-electron chi connectivity index (χ4n) is 2.22. The van der Waals surface area contributed by atoms with Gasteiger partial charge in [-0.2, -0.15) is 0 Å². The Bertz CT molecular complexity index is 697. The highest BCUT2D eigenvalue weighted by molar-refractivity contribution is 5.97. The molecule has 0 unspecified atom stereocenters. The van der Waals surface area contributed by atoms with Crippen molar-refractivity contribution in [3.63, 3.8) is 0 Å². The third kappa shape index (κ3) is 2.43. The van der Waals surface area contributed by atoms with Crippen molar-refractivity contribution in [2.75, 3.05) is 0 Å². The van der Waals surface area contributed by atoms with E-state index in [1.807, 2.05) is 37.3 Å². The Morgan fingerprint density at radius 3 is 2.65 bits per heavy atom. The molecule has 20 heavy (non-hydrogen) atoms. The number of esters is 1.